The zero-order valence-corrected chi connectivity index (χ0v) is 17.3. The van der Waals surface area contributed by atoms with E-state index in [-0.39, 0.29) is 23.0 Å². The molecule has 2 aliphatic heterocycles. The first-order chi connectivity index (χ1) is 12.8. The van der Waals surface area contributed by atoms with Crippen LogP contribution >= 0.6 is 11.6 Å². The maximum atomic E-state index is 12.8. The molecule has 0 spiro atoms. The Morgan fingerprint density at radius 3 is 2.44 bits per heavy atom. The van der Waals surface area contributed by atoms with Crippen molar-refractivity contribution in [2.24, 2.45) is 0 Å². The molecule has 2 aliphatic rings. The van der Waals surface area contributed by atoms with Gasteiger partial charge in [0.1, 0.15) is 0 Å². The van der Waals surface area contributed by atoms with Crippen molar-refractivity contribution in [3.63, 3.8) is 0 Å². The molecule has 0 saturated carbocycles. The molecule has 0 radical (unpaired) electrons. The van der Waals surface area contributed by atoms with Crippen LogP contribution in [0.3, 0.4) is 0 Å². The van der Waals surface area contributed by atoms with Crippen LogP contribution in [0.25, 0.3) is 0 Å². The average molecular weight is 417 g/mol. The summed E-state index contributed by atoms with van der Waals surface area (Å²) in [5.41, 5.74) is 0. The van der Waals surface area contributed by atoms with Gasteiger partial charge in [0.15, 0.2) is 6.54 Å². The molecule has 2 saturated heterocycles. The highest BCUT2D eigenvalue weighted by atomic mass is 35.5. The Bertz CT molecular complexity index is 771. The fourth-order valence-electron chi connectivity index (χ4n) is 3.70. The molecule has 1 amide bonds. The second kappa shape index (κ2) is 8.45. The smallest absolute Gasteiger partial charge is 0.277 e. The molecule has 1 aromatic rings. The molecule has 7 nitrogen and oxygen atoms in total. The highest BCUT2D eigenvalue weighted by Gasteiger charge is 2.33. The van der Waals surface area contributed by atoms with Gasteiger partial charge in [0.05, 0.1) is 43.3 Å². The van der Waals surface area contributed by atoms with E-state index in [1.807, 2.05) is 18.7 Å². The van der Waals surface area contributed by atoms with Gasteiger partial charge in [-0.25, -0.2) is 8.42 Å². The van der Waals surface area contributed by atoms with E-state index in [9.17, 15) is 13.2 Å². The van der Waals surface area contributed by atoms with Gasteiger partial charge < -0.3 is 14.5 Å². The minimum Gasteiger partial charge on any atom is -0.372 e. The summed E-state index contributed by atoms with van der Waals surface area (Å²) in [6.45, 7) is 7.59. The number of morpholine rings is 1. The number of sulfonamides is 1. The third-order valence-electron chi connectivity index (χ3n) is 5.04. The molecule has 2 fully saturated rings. The largest absolute Gasteiger partial charge is 0.372 e. The SMILES string of the molecule is C[C@@H]1CN(C(=O)C[NH+]2CCN(S(=O)(=O)c3cccc(Cl)c3)CC2)C[C@H](C)O1. The molecular weight excluding hydrogens is 390 g/mol. The van der Waals surface area contributed by atoms with E-state index in [0.717, 1.165) is 4.90 Å². The topological polar surface area (TPSA) is 71.4 Å². The predicted octanol–water partition coefficient (Wildman–Crippen LogP) is -0.135. The normalized spacial score (nSPS) is 25.5. The van der Waals surface area contributed by atoms with Crippen LogP contribution in [0.2, 0.25) is 5.02 Å². The lowest BCUT2D eigenvalue weighted by Crippen LogP contribution is -3.15. The van der Waals surface area contributed by atoms with Gasteiger partial charge >= 0.3 is 0 Å². The summed E-state index contributed by atoms with van der Waals surface area (Å²) in [7, 11) is -3.55. The number of carbonyl (C=O) groups is 1. The zero-order valence-electron chi connectivity index (χ0n) is 15.7. The summed E-state index contributed by atoms with van der Waals surface area (Å²) in [5, 5.41) is 0.403. The number of piperazine rings is 1. The Balaban J connectivity index is 1.55. The maximum Gasteiger partial charge on any atom is 0.277 e. The molecule has 2 atom stereocenters. The molecule has 0 unspecified atom stereocenters. The number of nitrogens with one attached hydrogen (secondary N) is 1. The Labute approximate surface area is 165 Å². The average Bonchev–Trinajstić information content (AvgIpc) is 2.61. The number of ether oxygens (including phenoxy) is 1. The first kappa shape index (κ1) is 20.5. The van der Waals surface area contributed by atoms with Crippen molar-refractivity contribution in [1.29, 1.82) is 0 Å². The monoisotopic (exact) mass is 416 g/mol. The van der Waals surface area contributed by atoms with Crippen LogP contribution in [0.15, 0.2) is 29.2 Å². The lowest BCUT2D eigenvalue weighted by molar-refractivity contribution is -0.896. The van der Waals surface area contributed by atoms with E-state index in [2.05, 4.69) is 0 Å². The number of halogens is 1. The van der Waals surface area contributed by atoms with Crippen molar-refractivity contribution in [3.05, 3.63) is 29.3 Å². The fraction of sp³-hybridized carbons (Fsp3) is 0.611. The second-order valence-corrected chi connectivity index (χ2v) is 9.72. The second-order valence-electron chi connectivity index (χ2n) is 7.34. The van der Waals surface area contributed by atoms with Crippen molar-refractivity contribution in [2.45, 2.75) is 31.0 Å². The summed E-state index contributed by atoms with van der Waals surface area (Å²) >= 11 is 5.93. The number of amides is 1. The maximum absolute atomic E-state index is 12.8. The standard InChI is InChI=1S/C18H26ClN3O4S/c1-14-11-21(12-15(2)26-14)18(23)13-20-6-8-22(9-7-20)27(24,25)17-5-3-4-16(19)10-17/h3-5,10,14-15H,6-9,11-13H2,1-2H3/p+1/t14-,15+. The van der Waals surface area contributed by atoms with Gasteiger partial charge in [-0.2, -0.15) is 4.31 Å². The lowest BCUT2D eigenvalue weighted by Gasteiger charge is -2.37. The van der Waals surface area contributed by atoms with E-state index < -0.39 is 10.0 Å². The molecule has 1 N–H and O–H groups in total. The van der Waals surface area contributed by atoms with Gasteiger partial charge in [-0.1, -0.05) is 17.7 Å². The van der Waals surface area contributed by atoms with Gasteiger partial charge in [-0.05, 0) is 32.0 Å². The van der Waals surface area contributed by atoms with Crippen LogP contribution in [0, 0.1) is 0 Å². The molecule has 3 rings (SSSR count). The number of quaternary nitrogens is 1. The number of rotatable bonds is 4. The van der Waals surface area contributed by atoms with E-state index in [1.165, 1.54) is 10.4 Å². The van der Waals surface area contributed by atoms with E-state index >= 15 is 0 Å². The Hall–Kier alpha value is -1.19. The van der Waals surface area contributed by atoms with E-state index in [4.69, 9.17) is 16.3 Å². The Morgan fingerprint density at radius 2 is 1.85 bits per heavy atom. The van der Waals surface area contributed by atoms with Crippen molar-refractivity contribution < 1.29 is 22.8 Å². The summed E-state index contributed by atoms with van der Waals surface area (Å²) in [6, 6.07) is 6.33. The van der Waals surface area contributed by atoms with Crippen LogP contribution in [0.4, 0.5) is 0 Å². The molecule has 1 aromatic carbocycles. The zero-order chi connectivity index (χ0) is 19.6. The number of nitrogens with zero attached hydrogens (tertiary/aromatic N) is 2. The first-order valence-electron chi connectivity index (χ1n) is 9.28. The van der Waals surface area contributed by atoms with Crippen LogP contribution in [-0.2, 0) is 19.6 Å². The molecule has 0 bridgehead atoms. The van der Waals surface area contributed by atoms with Crippen molar-refractivity contribution in [1.82, 2.24) is 9.21 Å². The first-order valence-corrected chi connectivity index (χ1v) is 11.1. The van der Waals surface area contributed by atoms with Gasteiger partial charge in [0.2, 0.25) is 10.0 Å². The quantitative estimate of drug-likeness (QED) is 0.742. The minimum absolute atomic E-state index is 0.0485. The highest BCUT2D eigenvalue weighted by molar-refractivity contribution is 7.89. The Morgan fingerprint density at radius 1 is 1.22 bits per heavy atom. The van der Waals surface area contributed by atoms with Crippen molar-refractivity contribution in [2.75, 3.05) is 45.8 Å². The van der Waals surface area contributed by atoms with E-state index in [0.29, 0.717) is 50.8 Å². The molecule has 9 heteroatoms. The number of hydrogen-bond acceptors (Lipinski definition) is 4. The summed E-state index contributed by atoms with van der Waals surface area (Å²) in [5.74, 6) is 0.109. The highest BCUT2D eigenvalue weighted by Crippen LogP contribution is 2.19. The third-order valence-corrected chi connectivity index (χ3v) is 7.17. The predicted molar refractivity (Wildman–Crippen MR) is 102 cm³/mol. The molecule has 2 heterocycles. The van der Waals surface area contributed by atoms with Crippen molar-refractivity contribution in [3.8, 4) is 0 Å². The fourth-order valence-corrected chi connectivity index (χ4v) is 5.45. The summed E-state index contributed by atoms with van der Waals surface area (Å²) in [4.78, 5) is 15.8. The number of carbonyl (C=O) groups excluding carboxylic acids is 1. The van der Waals surface area contributed by atoms with Gasteiger partial charge in [0, 0.05) is 18.1 Å². The molecule has 0 aliphatic carbocycles. The molecular formula is C18H27ClN3O4S+. The third kappa shape index (κ3) is 5.00. The molecule has 150 valence electrons. The van der Waals surface area contributed by atoms with Gasteiger partial charge in [-0.15, -0.1) is 0 Å². The number of benzene rings is 1. The van der Waals surface area contributed by atoms with Gasteiger partial charge in [-0.3, -0.25) is 4.79 Å². The Kier molecular flexibility index (Phi) is 6.43. The van der Waals surface area contributed by atoms with Crippen LogP contribution in [0.1, 0.15) is 13.8 Å². The van der Waals surface area contributed by atoms with E-state index in [1.54, 1.807) is 18.2 Å². The van der Waals surface area contributed by atoms with Crippen LogP contribution in [-0.4, -0.2) is 81.6 Å². The van der Waals surface area contributed by atoms with Gasteiger partial charge in [0.25, 0.3) is 5.91 Å². The number of hydrogen-bond donors (Lipinski definition) is 1. The summed E-state index contributed by atoms with van der Waals surface area (Å²) in [6.07, 6.45) is 0.0970. The summed E-state index contributed by atoms with van der Waals surface area (Å²) < 4.78 is 32.7. The molecule has 0 aromatic heterocycles. The molecule has 27 heavy (non-hydrogen) atoms. The minimum atomic E-state index is -3.55. The van der Waals surface area contributed by atoms with Crippen LogP contribution < -0.4 is 4.90 Å². The van der Waals surface area contributed by atoms with Crippen LogP contribution in [0.5, 0.6) is 0 Å². The van der Waals surface area contributed by atoms with Crippen molar-refractivity contribution >= 4 is 27.5 Å². The lowest BCUT2D eigenvalue weighted by atomic mass is 10.2.